The predicted molar refractivity (Wildman–Crippen MR) is 108 cm³/mol. The van der Waals surface area contributed by atoms with Crippen LogP contribution in [0.25, 0.3) is 0 Å². The van der Waals surface area contributed by atoms with Gasteiger partial charge in [-0.15, -0.1) is 0 Å². The van der Waals surface area contributed by atoms with Crippen molar-refractivity contribution in [3.05, 3.63) is 52.5 Å². The van der Waals surface area contributed by atoms with Crippen molar-refractivity contribution >= 4 is 46.4 Å². The van der Waals surface area contributed by atoms with Crippen molar-refractivity contribution in [3.63, 3.8) is 0 Å². The van der Waals surface area contributed by atoms with Gasteiger partial charge < -0.3 is 15.5 Å². The minimum Gasteiger partial charge on any atom is -0.326 e. The molecule has 0 aliphatic rings. The van der Waals surface area contributed by atoms with Crippen molar-refractivity contribution in [1.29, 1.82) is 0 Å². The molecule has 0 aromatic heterocycles. The fourth-order valence-electron chi connectivity index (χ4n) is 2.74. The molecule has 0 fully saturated rings. The van der Waals surface area contributed by atoms with E-state index in [-0.39, 0.29) is 24.3 Å². The average molecular weight is 388 g/mol. The molecule has 0 aliphatic heterocycles. The Morgan fingerprint density at radius 2 is 1.74 bits per heavy atom. The quantitative estimate of drug-likeness (QED) is 0.816. The lowest BCUT2D eigenvalue weighted by molar-refractivity contribution is -0.120. The molecule has 0 saturated carbocycles. The van der Waals surface area contributed by atoms with Gasteiger partial charge in [-0.2, -0.15) is 0 Å². The number of benzene rings is 2. The Labute approximate surface area is 163 Å². The van der Waals surface area contributed by atoms with E-state index in [1.54, 1.807) is 30.3 Å². The number of hydrogen-bond acceptors (Lipinski definition) is 3. The first kappa shape index (κ1) is 20.5. The Morgan fingerprint density at radius 1 is 1.04 bits per heavy atom. The lowest BCUT2D eigenvalue weighted by atomic mass is 10.1. The molecule has 0 radical (unpaired) electrons. The van der Waals surface area contributed by atoms with Crippen LogP contribution in [-0.4, -0.2) is 24.3 Å². The van der Waals surface area contributed by atoms with Crippen molar-refractivity contribution in [3.8, 4) is 0 Å². The molecule has 2 rings (SSSR count). The lowest BCUT2D eigenvalue weighted by Gasteiger charge is -2.22. The van der Waals surface area contributed by atoms with E-state index in [4.69, 9.17) is 11.6 Å². The molecule has 0 saturated heterocycles. The maximum absolute atomic E-state index is 12.5. The highest BCUT2D eigenvalue weighted by molar-refractivity contribution is 6.34. The molecule has 27 heavy (non-hydrogen) atoms. The molecule has 2 aromatic rings. The van der Waals surface area contributed by atoms with Gasteiger partial charge in [0.25, 0.3) is 0 Å². The topological polar surface area (TPSA) is 78.5 Å². The van der Waals surface area contributed by atoms with E-state index in [0.717, 1.165) is 11.1 Å². The third-order valence-corrected chi connectivity index (χ3v) is 4.15. The van der Waals surface area contributed by atoms with Gasteiger partial charge in [0, 0.05) is 25.2 Å². The Morgan fingerprint density at radius 3 is 2.33 bits per heavy atom. The van der Waals surface area contributed by atoms with Gasteiger partial charge >= 0.3 is 0 Å². The highest BCUT2D eigenvalue weighted by atomic mass is 35.5. The summed E-state index contributed by atoms with van der Waals surface area (Å²) in [4.78, 5) is 37.2. The van der Waals surface area contributed by atoms with E-state index in [9.17, 15) is 14.4 Å². The number of aryl methyl sites for hydroxylation is 2. The summed E-state index contributed by atoms with van der Waals surface area (Å²) < 4.78 is 0. The van der Waals surface area contributed by atoms with Crippen LogP contribution in [0.4, 0.5) is 17.1 Å². The largest absolute Gasteiger partial charge is 0.326 e. The van der Waals surface area contributed by atoms with E-state index >= 15 is 0 Å². The van der Waals surface area contributed by atoms with Crippen LogP contribution in [0, 0.1) is 13.8 Å². The number of nitrogens with zero attached hydrogens (tertiary/aromatic N) is 1. The van der Waals surface area contributed by atoms with Crippen LogP contribution in [0.15, 0.2) is 36.4 Å². The molecule has 0 aliphatic carbocycles. The van der Waals surface area contributed by atoms with Gasteiger partial charge in [-0.25, -0.2) is 0 Å². The van der Waals surface area contributed by atoms with E-state index in [1.807, 2.05) is 19.9 Å². The fourth-order valence-corrected chi connectivity index (χ4v) is 3.10. The number of carbonyl (C=O) groups excluding carboxylic acids is 3. The monoisotopic (exact) mass is 387 g/mol. The van der Waals surface area contributed by atoms with E-state index < -0.39 is 0 Å². The molecule has 142 valence electrons. The maximum atomic E-state index is 12.5. The summed E-state index contributed by atoms with van der Waals surface area (Å²) in [6.45, 7) is 6.37. The van der Waals surface area contributed by atoms with Crippen LogP contribution in [-0.2, 0) is 14.4 Å². The van der Waals surface area contributed by atoms with E-state index in [2.05, 4.69) is 10.6 Å². The summed E-state index contributed by atoms with van der Waals surface area (Å²) in [5.41, 5.74) is 3.42. The molecular formula is C20H22ClN3O3. The first-order valence-corrected chi connectivity index (χ1v) is 8.77. The molecule has 3 amide bonds. The minimum atomic E-state index is -0.371. The standard InChI is InChI=1S/C20H22ClN3O3/c1-12-8-13(2)20(18(21)9-12)23-19(27)11-24(15(4)26)17-7-5-6-16(10-17)22-14(3)25/h5-10H,11H2,1-4H3,(H,22,25)(H,23,27). The van der Waals surface area contributed by atoms with Gasteiger partial charge in [0.15, 0.2) is 0 Å². The van der Waals surface area contributed by atoms with Crippen molar-refractivity contribution < 1.29 is 14.4 Å². The lowest BCUT2D eigenvalue weighted by Crippen LogP contribution is -2.36. The van der Waals surface area contributed by atoms with Gasteiger partial charge in [-0.05, 0) is 49.2 Å². The van der Waals surface area contributed by atoms with Crippen molar-refractivity contribution in [1.82, 2.24) is 0 Å². The fraction of sp³-hybridized carbons (Fsp3) is 0.250. The third kappa shape index (κ3) is 5.56. The van der Waals surface area contributed by atoms with Gasteiger partial charge in [0.05, 0.1) is 10.7 Å². The van der Waals surface area contributed by atoms with Gasteiger partial charge in [-0.1, -0.05) is 23.7 Å². The molecule has 6 nitrogen and oxygen atoms in total. The van der Waals surface area contributed by atoms with Crippen LogP contribution in [0.1, 0.15) is 25.0 Å². The molecule has 0 heterocycles. The molecule has 0 atom stereocenters. The van der Waals surface area contributed by atoms with Crippen molar-refractivity contribution in [2.75, 3.05) is 22.1 Å². The van der Waals surface area contributed by atoms with Crippen LogP contribution in [0.2, 0.25) is 5.02 Å². The summed E-state index contributed by atoms with van der Waals surface area (Å²) in [6, 6.07) is 10.4. The molecular weight excluding hydrogens is 366 g/mol. The highest BCUT2D eigenvalue weighted by Gasteiger charge is 2.18. The zero-order chi connectivity index (χ0) is 20.1. The second kappa shape index (κ2) is 8.68. The average Bonchev–Trinajstić information content (AvgIpc) is 2.55. The predicted octanol–water partition coefficient (Wildman–Crippen LogP) is 3.91. The summed E-state index contributed by atoms with van der Waals surface area (Å²) in [7, 11) is 0. The molecule has 0 spiro atoms. The van der Waals surface area contributed by atoms with Crippen LogP contribution in [0.5, 0.6) is 0 Å². The molecule has 0 bridgehead atoms. The normalized spacial score (nSPS) is 10.3. The number of anilines is 3. The number of carbonyl (C=O) groups is 3. The molecule has 2 N–H and O–H groups in total. The van der Waals surface area contributed by atoms with Crippen molar-refractivity contribution in [2.24, 2.45) is 0 Å². The summed E-state index contributed by atoms with van der Waals surface area (Å²) in [5.74, 6) is -0.885. The van der Waals surface area contributed by atoms with Crippen LogP contribution >= 0.6 is 11.6 Å². The van der Waals surface area contributed by atoms with Gasteiger partial charge in [0.1, 0.15) is 6.54 Å². The van der Waals surface area contributed by atoms with Crippen LogP contribution < -0.4 is 15.5 Å². The zero-order valence-corrected chi connectivity index (χ0v) is 16.5. The number of hydrogen-bond donors (Lipinski definition) is 2. The summed E-state index contributed by atoms with van der Waals surface area (Å²) in [6.07, 6.45) is 0. The first-order chi connectivity index (χ1) is 12.7. The Hall–Kier alpha value is -2.86. The number of nitrogens with one attached hydrogen (secondary N) is 2. The molecule has 2 aromatic carbocycles. The van der Waals surface area contributed by atoms with Gasteiger partial charge in [0.2, 0.25) is 17.7 Å². The maximum Gasteiger partial charge on any atom is 0.244 e. The Bertz CT molecular complexity index is 873. The Kier molecular flexibility index (Phi) is 6.58. The zero-order valence-electron chi connectivity index (χ0n) is 15.7. The van der Waals surface area contributed by atoms with Crippen molar-refractivity contribution in [2.45, 2.75) is 27.7 Å². The number of amides is 3. The minimum absolute atomic E-state index is 0.178. The SMILES string of the molecule is CC(=O)Nc1cccc(N(CC(=O)Nc2c(C)cc(C)cc2Cl)C(C)=O)c1. The highest BCUT2D eigenvalue weighted by Crippen LogP contribution is 2.27. The smallest absolute Gasteiger partial charge is 0.244 e. The number of rotatable bonds is 5. The first-order valence-electron chi connectivity index (χ1n) is 8.39. The molecule has 0 unspecified atom stereocenters. The molecule has 7 heteroatoms. The van der Waals surface area contributed by atoms with Gasteiger partial charge in [-0.3, -0.25) is 14.4 Å². The number of halogens is 1. The Balaban J connectivity index is 2.20. The van der Waals surface area contributed by atoms with Crippen LogP contribution in [0.3, 0.4) is 0 Å². The summed E-state index contributed by atoms with van der Waals surface area (Å²) in [5, 5.41) is 5.88. The van der Waals surface area contributed by atoms with E-state index in [1.165, 1.54) is 18.7 Å². The van der Waals surface area contributed by atoms with E-state index in [0.29, 0.717) is 22.1 Å². The summed E-state index contributed by atoms with van der Waals surface area (Å²) >= 11 is 6.23. The second-order valence-corrected chi connectivity index (χ2v) is 6.73. The third-order valence-electron chi connectivity index (χ3n) is 3.86. The second-order valence-electron chi connectivity index (χ2n) is 6.32.